The number of nitrogens with one attached hydrogen (secondary N) is 2. The molecule has 0 aliphatic carbocycles. The van der Waals surface area contributed by atoms with Crippen LogP contribution >= 0.6 is 15.9 Å². The molecular weight excluding hydrogens is 358 g/mol. The number of anilines is 1. The zero-order chi connectivity index (χ0) is 15.3. The molecule has 0 atom stereocenters. The molecule has 0 unspecified atom stereocenters. The van der Waals surface area contributed by atoms with Gasteiger partial charge in [0.15, 0.2) is 0 Å². The normalized spacial score (nSPS) is 11.5. The molecule has 0 amide bonds. The molecule has 7 nitrogen and oxygen atoms in total. The van der Waals surface area contributed by atoms with E-state index in [0.29, 0.717) is 6.54 Å². The molecule has 2 N–H and O–H groups in total. The fourth-order valence-corrected chi connectivity index (χ4v) is 2.80. The molecule has 2 aromatic heterocycles. The van der Waals surface area contributed by atoms with Crippen molar-refractivity contribution in [2.24, 2.45) is 0 Å². The van der Waals surface area contributed by atoms with Gasteiger partial charge in [-0.25, -0.2) is 13.4 Å². The Labute approximate surface area is 132 Å². The molecule has 0 radical (unpaired) electrons. The second-order valence-electron chi connectivity index (χ2n) is 4.26. The number of aromatic nitrogens is 3. The maximum absolute atomic E-state index is 12.2. The zero-order valence-electron chi connectivity index (χ0n) is 11.5. The lowest BCUT2D eigenvalue weighted by molar-refractivity contribution is 0.564. The van der Waals surface area contributed by atoms with Crippen LogP contribution in [0.2, 0.25) is 0 Å². The Kier molecular flexibility index (Phi) is 5.32. The van der Waals surface area contributed by atoms with Crippen LogP contribution in [-0.4, -0.2) is 36.3 Å². The van der Waals surface area contributed by atoms with E-state index in [9.17, 15) is 8.42 Å². The topological polar surface area (TPSA) is 88.9 Å². The first-order chi connectivity index (χ1) is 10.0. The van der Waals surface area contributed by atoms with Crippen molar-refractivity contribution < 1.29 is 8.42 Å². The Morgan fingerprint density at radius 3 is 2.81 bits per heavy atom. The van der Waals surface area contributed by atoms with E-state index >= 15 is 0 Å². The molecule has 2 aromatic rings. The highest BCUT2D eigenvalue weighted by molar-refractivity contribution is 9.10. The predicted molar refractivity (Wildman–Crippen MR) is 83.5 cm³/mol. The van der Waals surface area contributed by atoms with Crippen LogP contribution in [-0.2, 0) is 16.6 Å². The fourth-order valence-electron chi connectivity index (χ4n) is 1.61. The molecule has 114 valence electrons. The number of pyridine rings is 1. The summed E-state index contributed by atoms with van der Waals surface area (Å²) in [6.07, 6.45) is 4.35. The molecule has 0 fully saturated rings. The second kappa shape index (κ2) is 7.01. The molecule has 2 heterocycles. The molecule has 0 aliphatic heterocycles. The largest absolute Gasteiger partial charge is 0.315 e. The van der Waals surface area contributed by atoms with Gasteiger partial charge in [0.25, 0.3) is 10.0 Å². The summed E-state index contributed by atoms with van der Waals surface area (Å²) in [7, 11) is -3.67. The molecule has 21 heavy (non-hydrogen) atoms. The first-order valence-corrected chi connectivity index (χ1v) is 8.66. The molecule has 9 heteroatoms. The monoisotopic (exact) mass is 373 g/mol. The quantitative estimate of drug-likeness (QED) is 0.717. The van der Waals surface area contributed by atoms with Crippen molar-refractivity contribution in [2.45, 2.75) is 18.4 Å². The van der Waals surface area contributed by atoms with Crippen LogP contribution in [0.3, 0.4) is 0 Å². The highest BCUT2D eigenvalue weighted by atomic mass is 79.9. The molecule has 2 rings (SSSR count). The molecule has 0 aromatic carbocycles. The van der Waals surface area contributed by atoms with Crippen molar-refractivity contribution in [3.05, 3.63) is 35.2 Å². The number of halogens is 1. The SMILES string of the molecule is CCNCCn1cc(S(=O)(=O)Nc2ccc(Br)cn2)cn1. The van der Waals surface area contributed by atoms with Gasteiger partial charge < -0.3 is 5.32 Å². The van der Waals surface area contributed by atoms with Gasteiger partial charge >= 0.3 is 0 Å². The average Bonchev–Trinajstić information content (AvgIpc) is 2.91. The third-order valence-electron chi connectivity index (χ3n) is 2.65. The molecular formula is C12H16BrN5O2S. The summed E-state index contributed by atoms with van der Waals surface area (Å²) in [4.78, 5) is 4.10. The lowest BCUT2D eigenvalue weighted by Crippen LogP contribution is -2.19. The van der Waals surface area contributed by atoms with E-state index in [1.807, 2.05) is 6.92 Å². The lowest BCUT2D eigenvalue weighted by Gasteiger charge is -2.05. The number of sulfonamides is 1. The van der Waals surface area contributed by atoms with Crippen LogP contribution in [0.1, 0.15) is 6.92 Å². The average molecular weight is 374 g/mol. The standard InChI is InChI=1S/C12H16BrN5O2S/c1-2-14-5-6-18-9-11(8-16-18)21(19,20)17-12-4-3-10(13)7-15-12/h3-4,7-9,14H,2,5-6H2,1H3,(H,15,17). The fraction of sp³-hybridized carbons (Fsp3) is 0.333. The summed E-state index contributed by atoms with van der Waals surface area (Å²) >= 11 is 3.24. The maximum Gasteiger partial charge on any atom is 0.266 e. The second-order valence-corrected chi connectivity index (χ2v) is 6.86. The summed E-state index contributed by atoms with van der Waals surface area (Å²) in [5.41, 5.74) is 0. The number of hydrogen-bond acceptors (Lipinski definition) is 5. The van der Waals surface area contributed by atoms with Crippen molar-refractivity contribution in [3.8, 4) is 0 Å². The van der Waals surface area contributed by atoms with E-state index in [1.54, 1.807) is 16.8 Å². The number of nitrogens with zero attached hydrogens (tertiary/aromatic N) is 3. The Bertz CT molecular complexity index is 684. The minimum atomic E-state index is -3.67. The third-order valence-corrected chi connectivity index (χ3v) is 4.43. The van der Waals surface area contributed by atoms with E-state index in [4.69, 9.17) is 0 Å². The van der Waals surface area contributed by atoms with E-state index < -0.39 is 10.0 Å². The van der Waals surface area contributed by atoms with Gasteiger partial charge in [-0.1, -0.05) is 6.92 Å². The Hall–Kier alpha value is -1.45. The minimum Gasteiger partial charge on any atom is -0.315 e. The van der Waals surface area contributed by atoms with Crippen molar-refractivity contribution in [1.29, 1.82) is 0 Å². The lowest BCUT2D eigenvalue weighted by atomic mass is 10.5. The Balaban J connectivity index is 2.07. The van der Waals surface area contributed by atoms with Crippen molar-refractivity contribution >= 4 is 31.8 Å². The zero-order valence-corrected chi connectivity index (χ0v) is 13.9. The smallest absolute Gasteiger partial charge is 0.266 e. The van der Waals surface area contributed by atoms with Gasteiger partial charge in [-0.2, -0.15) is 5.10 Å². The van der Waals surface area contributed by atoms with Gasteiger partial charge in [-0.15, -0.1) is 0 Å². The first-order valence-electron chi connectivity index (χ1n) is 6.39. The summed E-state index contributed by atoms with van der Waals surface area (Å²) in [6, 6.07) is 3.29. The summed E-state index contributed by atoms with van der Waals surface area (Å²) in [6.45, 7) is 4.22. The van der Waals surface area contributed by atoms with Crippen molar-refractivity contribution in [3.63, 3.8) is 0 Å². The van der Waals surface area contributed by atoms with Gasteiger partial charge in [0.2, 0.25) is 0 Å². The van der Waals surface area contributed by atoms with E-state index in [-0.39, 0.29) is 10.7 Å². The molecule has 0 spiro atoms. The highest BCUT2D eigenvalue weighted by Gasteiger charge is 2.17. The molecule has 0 saturated carbocycles. The summed E-state index contributed by atoms with van der Waals surface area (Å²) in [5, 5.41) is 7.19. The number of likely N-dealkylation sites (N-methyl/N-ethyl adjacent to an activating group) is 1. The molecule has 0 bridgehead atoms. The van der Waals surface area contributed by atoms with Crippen LogP contribution < -0.4 is 10.0 Å². The highest BCUT2D eigenvalue weighted by Crippen LogP contribution is 2.15. The van der Waals surface area contributed by atoms with Crippen LogP contribution in [0.5, 0.6) is 0 Å². The molecule has 0 saturated heterocycles. The Morgan fingerprint density at radius 1 is 1.33 bits per heavy atom. The van der Waals surface area contributed by atoms with Gasteiger partial charge in [0.05, 0.1) is 12.7 Å². The van der Waals surface area contributed by atoms with E-state index in [1.165, 1.54) is 18.6 Å². The van der Waals surface area contributed by atoms with Crippen LogP contribution in [0, 0.1) is 0 Å². The van der Waals surface area contributed by atoms with E-state index in [2.05, 4.69) is 36.1 Å². The number of hydrogen-bond donors (Lipinski definition) is 2. The van der Waals surface area contributed by atoms with Crippen LogP contribution in [0.15, 0.2) is 40.1 Å². The van der Waals surface area contributed by atoms with Gasteiger partial charge in [-0.3, -0.25) is 9.40 Å². The van der Waals surface area contributed by atoms with Gasteiger partial charge in [0.1, 0.15) is 10.7 Å². The van der Waals surface area contributed by atoms with E-state index in [0.717, 1.165) is 17.6 Å². The van der Waals surface area contributed by atoms with Crippen LogP contribution in [0.25, 0.3) is 0 Å². The van der Waals surface area contributed by atoms with Gasteiger partial charge in [0, 0.05) is 23.4 Å². The summed E-state index contributed by atoms with van der Waals surface area (Å²) < 4.78 is 29.2. The number of rotatable bonds is 7. The van der Waals surface area contributed by atoms with Crippen molar-refractivity contribution in [1.82, 2.24) is 20.1 Å². The third kappa shape index (κ3) is 4.51. The predicted octanol–water partition coefficient (Wildman–Crippen LogP) is 1.45. The molecule has 0 aliphatic rings. The Morgan fingerprint density at radius 2 is 2.14 bits per heavy atom. The van der Waals surface area contributed by atoms with Gasteiger partial charge in [-0.05, 0) is 34.6 Å². The van der Waals surface area contributed by atoms with Crippen LogP contribution in [0.4, 0.5) is 5.82 Å². The maximum atomic E-state index is 12.2. The van der Waals surface area contributed by atoms with Crippen molar-refractivity contribution in [2.75, 3.05) is 17.8 Å². The minimum absolute atomic E-state index is 0.115. The summed E-state index contributed by atoms with van der Waals surface area (Å²) in [5.74, 6) is 0.263. The first kappa shape index (κ1) is 15.9.